The number of nitrogens with zero attached hydrogens (tertiary/aromatic N) is 3. The van der Waals surface area contributed by atoms with Gasteiger partial charge in [0.2, 0.25) is 5.95 Å². The summed E-state index contributed by atoms with van der Waals surface area (Å²) in [5.41, 5.74) is 1.12. The average molecular weight is 676 g/mol. The molecule has 7 nitrogen and oxygen atoms in total. The number of hydrogen-bond donors (Lipinski definition) is 0. The van der Waals surface area contributed by atoms with Crippen molar-refractivity contribution in [2.24, 2.45) is 0 Å². The molecular weight excluding hydrogens is 657 g/mol. The van der Waals surface area contributed by atoms with E-state index < -0.39 is 25.6 Å². The fourth-order valence-electron chi connectivity index (χ4n) is 1.98. The van der Waals surface area contributed by atoms with E-state index in [2.05, 4.69) is 62.7 Å². The highest BCUT2D eigenvalue weighted by Gasteiger charge is 2.06. The van der Waals surface area contributed by atoms with Crippen LogP contribution in [0, 0.1) is 5.95 Å². The van der Waals surface area contributed by atoms with Crippen molar-refractivity contribution in [2.45, 2.75) is 11.5 Å². The maximum Gasteiger partial charge on any atom is 0.213 e. The smallest absolute Gasteiger partial charge is 0.213 e. The Morgan fingerprint density at radius 3 is 1.25 bits per heavy atom. The predicted octanol–water partition coefficient (Wildman–Crippen LogP) is 4.76. The number of sulfone groups is 2. The van der Waals surface area contributed by atoms with Gasteiger partial charge in [0.1, 0.15) is 13.8 Å². The maximum absolute atomic E-state index is 12.0. The summed E-state index contributed by atoms with van der Waals surface area (Å²) in [6.07, 6.45) is 2.38. The average Bonchev–Trinajstić information content (AvgIpc) is 2.59. The van der Waals surface area contributed by atoms with Gasteiger partial charge in [-0.3, -0.25) is 0 Å². The summed E-state index contributed by atoms with van der Waals surface area (Å²) in [5.74, 6) is -0.474. The highest BCUT2D eigenvalue weighted by molar-refractivity contribution is 9.11. The minimum Gasteiger partial charge on any atom is -0.245 e. The molecule has 32 heavy (non-hydrogen) atoms. The Morgan fingerprint density at radius 2 is 1.00 bits per heavy atom. The molecule has 0 fully saturated rings. The van der Waals surface area contributed by atoms with Gasteiger partial charge in [-0.1, -0.05) is 18.2 Å². The van der Waals surface area contributed by atoms with Gasteiger partial charge in [-0.15, -0.1) is 0 Å². The minimum atomic E-state index is -2.98. The van der Waals surface area contributed by atoms with Gasteiger partial charge in [-0.2, -0.15) is 4.39 Å². The zero-order chi connectivity index (χ0) is 24.4. The summed E-state index contributed by atoms with van der Waals surface area (Å²) in [6, 6.07) is 15.0. The topological polar surface area (TPSA) is 107 Å². The van der Waals surface area contributed by atoms with Crippen molar-refractivity contribution in [1.29, 1.82) is 0 Å². The lowest BCUT2D eigenvalue weighted by Crippen LogP contribution is -2.02. The van der Waals surface area contributed by atoms with Crippen LogP contribution in [0.3, 0.4) is 0 Å². The van der Waals surface area contributed by atoms with Crippen LogP contribution in [0.5, 0.6) is 0 Å². The molecule has 0 saturated carbocycles. The third-order valence-corrected chi connectivity index (χ3v) is 6.01. The van der Waals surface area contributed by atoms with E-state index in [4.69, 9.17) is 0 Å². The van der Waals surface area contributed by atoms with Crippen LogP contribution in [0.2, 0.25) is 0 Å². The predicted molar refractivity (Wildman–Crippen MR) is 133 cm³/mol. The Kier molecular flexibility index (Phi) is 12.1. The monoisotopic (exact) mass is 673 g/mol. The lowest BCUT2D eigenvalue weighted by atomic mass is 10.4. The van der Waals surface area contributed by atoms with Crippen molar-refractivity contribution >= 4 is 67.5 Å². The second-order valence-corrected chi connectivity index (χ2v) is 13.0. The zero-order valence-electron chi connectivity index (χ0n) is 16.9. The molecule has 0 atom stereocenters. The van der Waals surface area contributed by atoms with Gasteiger partial charge in [0.05, 0.1) is 22.9 Å². The number of halogens is 4. The molecule has 3 aromatic heterocycles. The Labute approximate surface area is 212 Å². The highest BCUT2D eigenvalue weighted by atomic mass is 79.9. The second-order valence-electron chi connectivity index (χ2n) is 6.33. The first kappa shape index (κ1) is 28.8. The first-order valence-electron chi connectivity index (χ1n) is 8.60. The molecule has 0 aliphatic rings. The van der Waals surface area contributed by atoms with Crippen LogP contribution < -0.4 is 0 Å². The maximum atomic E-state index is 12.0. The lowest BCUT2D eigenvalue weighted by molar-refractivity contribution is 0.581. The summed E-state index contributed by atoms with van der Waals surface area (Å²) < 4.78 is 57.3. The first-order chi connectivity index (χ1) is 14.7. The molecule has 0 aliphatic heterocycles. The SMILES string of the molecule is CS(=O)(=O)Cc1cccc(Br)n1.CS(=O)(=O)Cc1cccc(Br)n1.Fc1cccc(Br)n1. The van der Waals surface area contributed by atoms with Gasteiger partial charge in [0.25, 0.3) is 0 Å². The molecule has 0 aromatic carbocycles. The molecular formula is C19H19Br3FN3O4S2. The van der Waals surface area contributed by atoms with E-state index in [1.165, 1.54) is 18.6 Å². The summed E-state index contributed by atoms with van der Waals surface area (Å²) >= 11 is 9.34. The van der Waals surface area contributed by atoms with Crippen LogP contribution in [-0.4, -0.2) is 44.3 Å². The molecule has 0 N–H and O–H groups in total. The number of pyridine rings is 3. The quantitative estimate of drug-likeness (QED) is 0.367. The van der Waals surface area contributed by atoms with Gasteiger partial charge in [0, 0.05) is 12.5 Å². The third kappa shape index (κ3) is 14.7. The summed E-state index contributed by atoms with van der Waals surface area (Å²) in [5, 5.41) is 0. The van der Waals surface area contributed by atoms with E-state index in [1.807, 2.05) is 0 Å². The van der Waals surface area contributed by atoms with Crippen LogP contribution in [0.25, 0.3) is 0 Å². The van der Waals surface area contributed by atoms with Crippen molar-refractivity contribution in [3.8, 4) is 0 Å². The van der Waals surface area contributed by atoms with Crippen LogP contribution in [0.15, 0.2) is 68.4 Å². The van der Waals surface area contributed by atoms with Crippen molar-refractivity contribution in [3.63, 3.8) is 0 Å². The van der Waals surface area contributed by atoms with Crippen molar-refractivity contribution in [3.05, 3.63) is 85.7 Å². The Morgan fingerprint density at radius 1 is 0.656 bits per heavy atom. The van der Waals surface area contributed by atoms with Gasteiger partial charge in [-0.05, 0) is 84.2 Å². The fraction of sp³-hybridized carbons (Fsp3) is 0.211. The molecule has 0 aliphatic carbocycles. The van der Waals surface area contributed by atoms with Crippen molar-refractivity contribution < 1.29 is 21.2 Å². The molecule has 3 rings (SSSR count). The van der Waals surface area contributed by atoms with E-state index in [0.717, 1.165) is 0 Å². The molecule has 3 heterocycles. The van der Waals surface area contributed by atoms with E-state index in [0.29, 0.717) is 25.2 Å². The summed E-state index contributed by atoms with van der Waals surface area (Å²) in [7, 11) is -5.95. The van der Waals surface area contributed by atoms with Crippen LogP contribution in [-0.2, 0) is 31.2 Å². The second kappa shape index (κ2) is 13.4. The van der Waals surface area contributed by atoms with Crippen molar-refractivity contribution in [1.82, 2.24) is 15.0 Å². The molecule has 0 radical (unpaired) electrons. The summed E-state index contributed by atoms with van der Waals surface area (Å²) in [6.45, 7) is 0. The fourth-order valence-corrected chi connectivity index (χ4v) is 4.46. The van der Waals surface area contributed by atoms with Gasteiger partial charge < -0.3 is 0 Å². The minimum absolute atomic E-state index is 0.00750. The molecule has 0 spiro atoms. The highest BCUT2D eigenvalue weighted by Crippen LogP contribution is 2.09. The molecule has 3 aromatic rings. The summed E-state index contributed by atoms with van der Waals surface area (Å²) in [4.78, 5) is 11.4. The standard InChI is InChI=1S/2C7H8BrNO2S.C5H3BrFN/c2*1-12(10,11)5-6-3-2-4-7(8)9-6;6-4-2-1-3-5(7)8-4/h2*2-4H,5H2,1H3;1-3H. The molecule has 0 bridgehead atoms. The molecule has 13 heteroatoms. The third-order valence-electron chi connectivity index (χ3n) is 3.05. The first-order valence-corrected chi connectivity index (χ1v) is 15.1. The van der Waals surface area contributed by atoms with E-state index >= 15 is 0 Å². The molecule has 174 valence electrons. The molecule has 0 amide bonds. The van der Waals surface area contributed by atoms with Crippen LogP contribution in [0.4, 0.5) is 4.39 Å². The number of hydrogen-bond acceptors (Lipinski definition) is 7. The van der Waals surface area contributed by atoms with E-state index in [-0.39, 0.29) is 11.5 Å². The van der Waals surface area contributed by atoms with E-state index in [9.17, 15) is 21.2 Å². The molecule has 0 saturated heterocycles. The number of rotatable bonds is 4. The molecule has 0 unspecified atom stereocenters. The normalized spacial score (nSPS) is 10.9. The Hall–Kier alpha value is -1.28. The zero-order valence-corrected chi connectivity index (χ0v) is 23.3. The Balaban J connectivity index is 0.000000245. The van der Waals surface area contributed by atoms with Crippen LogP contribution in [0.1, 0.15) is 11.4 Å². The largest absolute Gasteiger partial charge is 0.245 e. The van der Waals surface area contributed by atoms with Crippen LogP contribution >= 0.6 is 47.8 Å². The Bertz CT molecular complexity index is 1150. The van der Waals surface area contributed by atoms with E-state index in [1.54, 1.807) is 48.5 Å². The lowest BCUT2D eigenvalue weighted by Gasteiger charge is -1.97. The number of aromatic nitrogens is 3. The van der Waals surface area contributed by atoms with Gasteiger partial charge in [0.15, 0.2) is 19.7 Å². The van der Waals surface area contributed by atoms with Gasteiger partial charge in [-0.25, -0.2) is 31.8 Å². The van der Waals surface area contributed by atoms with Crippen molar-refractivity contribution in [2.75, 3.05) is 12.5 Å². The van der Waals surface area contributed by atoms with Gasteiger partial charge >= 0.3 is 0 Å².